The third-order valence-electron chi connectivity index (χ3n) is 4.91. The topological polar surface area (TPSA) is 74.1 Å². The molecule has 1 fully saturated rings. The van der Waals surface area contributed by atoms with Gasteiger partial charge in [0.15, 0.2) is 11.6 Å². The van der Waals surface area contributed by atoms with E-state index < -0.39 is 5.82 Å². The Morgan fingerprint density at radius 1 is 1.14 bits per heavy atom. The smallest absolute Gasteiger partial charge is 0.167 e. The molecule has 0 unspecified atom stereocenters. The van der Waals surface area contributed by atoms with E-state index in [1.807, 2.05) is 19.9 Å². The Hall–Kier alpha value is -2.58. The van der Waals surface area contributed by atoms with Crippen molar-refractivity contribution in [1.82, 2.24) is 14.9 Å². The average Bonchev–Trinajstić information content (AvgIpc) is 2.67. The number of hydrogen-bond donors (Lipinski definition) is 1. The number of β-amino-alcohol motifs (C(OH)–C–C–N with tert-alkyl or cyclic N) is 1. The molecule has 2 aromatic rings. The SMILES string of the molecule is CC(C)Oc1cc2c(cc1F)N=C2c1cc(N2CCN(CCO)CC2)ncn1. The van der Waals surface area contributed by atoms with Crippen molar-refractivity contribution >= 4 is 17.2 Å². The van der Waals surface area contributed by atoms with Gasteiger partial charge in [-0.15, -0.1) is 0 Å². The molecule has 0 radical (unpaired) electrons. The largest absolute Gasteiger partial charge is 0.488 e. The summed E-state index contributed by atoms with van der Waals surface area (Å²) >= 11 is 0. The summed E-state index contributed by atoms with van der Waals surface area (Å²) < 4.78 is 19.7. The first kappa shape index (κ1) is 18.8. The van der Waals surface area contributed by atoms with Gasteiger partial charge in [-0.2, -0.15) is 0 Å². The van der Waals surface area contributed by atoms with Crippen LogP contribution in [0.25, 0.3) is 0 Å². The molecular formula is C20H24FN5O2. The quantitative estimate of drug-likeness (QED) is 0.700. The second-order valence-corrected chi connectivity index (χ2v) is 7.24. The van der Waals surface area contributed by atoms with E-state index in [1.165, 1.54) is 6.07 Å². The molecule has 1 saturated heterocycles. The molecule has 28 heavy (non-hydrogen) atoms. The number of aliphatic imine (C=N–C) groups is 1. The van der Waals surface area contributed by atoms with Crippen LogP contribution >= 0.6 is 0 Å². The summed E-state index contributed by atoms with van der Waals surface area (Å²) in [5, 5.41) is 9.08. The van der Waals surface area contributed by atoms with Crippen LogP contribution in [0.5, 0.6) is 5.75 Å². The third kappa shape index (κ3) is 3.70. The number of fused-ring (bicyclic) bond motifs is 1. The van der Waals surface area contributed by atoms with Crippen LogP contribution in [0.3, 0.4) is 0 Å². The van der Waals surface area contributed by atoms with Crippen molar-refractivity contribution in [3.8, 4) is 5.75 Å². The standard InChI is InChI=1S/C20H24FN5O2/c1-13(2)28-18-9-14-16(10-15(18)21)24-20(14)17-11-19(23-12-22-17)26-5-3-25(4-6-26)7-8-27/h9-13,27H,3-8H2,1-2H3. The number of benzene rings is 1. The number of halogens is 1. The van der Waals surface area contributed by atoms with Crippen LogP contribution in [-0.4, -0.2) is 71.1 Å². The summed E-state index contributed by atoms with van der Waals surface area (Å²) in [6.07, 6.45) is 1.43. The van der Waals surface area contributed by atoms with Crippen LogP contribution in [0.1, 0.15) is 25.1 Å². The van der Waals surface area contributed by atoms with E-state index in [4.69, 9.17) is 9.84 Å². The number of aliphatic hydroxyl groups excluding tert-OH is 1. The zero-order chi connectivity index (χ0) is 19.7. The highest BCUT2D eigenvalue weighted by Gasteiger charge is 2.26. The molecule has 8 heteroatoms. The van der Waals surface area contributed by atoms with Gasteiger partial charge in [-0.25, -0.2) is 19.4 Å². The minimum atomic E-state index is -0.403. The Balaban J connectivity index is 1.52. The molecule has 0 atom stereocenters. The predicted molar refractivity (Wildman–Crippen MR) is 105 cm³/mol. The van der Waals surface area contributed by atoms with Gasteiger partial charge < -0.3 is 14.7 Å². The van der Waals surface area contributed by atoms with Crippen molar-refractivity contribution in [2.24, 2.45) is 4.99 Å². The van der Waals surface area contributed by atoms with Crippen LogP contribution in [0.2, 0.25) is 0 Å². The molecule has 0 saturated carbocycles. The molecule has 0 spiro atoms. The fourth-order valence-corrected chi connectivity index (χ4v) is 3.48. The van der Waals surface area contributed by atoms with Gasteiger partial charge >= 0.3 is 0 Å². The lowest BCUT2D eigenvalue weighted by atomic mass is 9.98. The van der Waals surface area contributed by atoms with Crippen molar-refractivity contribution in [3.63, 3.8) is 0 Å². The van der Waals surface area contributed by atoms with Crippen molar-refractivity contribution in [2.45, 2.75) is 20.0 Å². The van der Waals surface area contributed by atoms with Crippen molar-refractivity contribution in [1.29, 1.82) is 0 Å². The molecule has 148 valence electrons. The molecule has 2 aliphatic rings. The van der Waals surface area contributed by atoms with Crippen LogP contribution < -0.4 is 9.64 Å². The van der Waals surface area contributed by atoms with Crippen LogP contribution in [0.15, 0.2) is 29.5 Å². The highest BCUT2D eigenvalue weighted by molar-refractivity contribution is 6.21. The summed E-state index contributed by atoms with van der Waals surface area (Å²) in [4.78, 5) is 17.6. The van der Waals surface area contributed by atoms with Crippen molar-refractivity contribution < 1.29 is 14.2 Å². The first-order chi connectivity index (χ1) is 13.5. The lowest BCUT2D eigenvalue weighted by molar-refractivity contribution is 0.188. The number of nitrogens with zero attached hydrogens (tertiary/aromatic N) is 5. The molecule has 1 aromatic heterocycles. The fourth-order valence-electron chi connectivity index (χ4n) is 3.48. The molecule has 0 bridgehead atoms. The number of aromatic nitrogens is 2. The fraction of sp³-hybridized carbons (Fsp3) is 0.450. The lowest BCUT2D eigenvalue weighted by Crippen LogP contribution is -2.47. The first-order valence-electron chi connectivity index (χ1n) is 9.55. The average molecular weight is 385 g/mol. The monoisotopic (exact) mass is 385 g/mol. The number of rotatable bonds is 6. The highest BCUT2D eigenvalue weighted by atomic mass is 19.1. The molecule has 1 N–H and O–H groups in total. The summed E-state index contributed by atoms with van der Waals surface area (Å²) in [6.45, 7) is 8.08. The van der Waals surface area contributed by atoms with E-state index in [2.05, 4.69) is 24.8 Å². The van der Waals surface area contributed by atoms with Crippen LogP contribution in [0.4, 0.5) is 15.9 Å². The second kappa shape index (κ2) is 7.81. The molecule has 0 aliphatic carbocycles. The van der Waals surface area contributed by atoms with Gasteiger partial charge in [0.2, 0.25) is 0 Å². The van der Waals surface area contributed by atoms with E-state index in [1.54, 1.807) is 12.4 Å². The minimum absolute atomic E-state index is 0.108. The number of ether oxygens (including phenoxy) is 1. The van der Waals surface area contributed by atoms with Gasteiger partial charge in [0.05, 0.1) is 29.8 Å². The van der Waals surface area contributed by atoms with Gasteiger partial charge in [-0.05, 0) is 19.9 Å². The maximum atomic E-state index is 14.1. The van der Waals surface area contributed by atoms with Gasteiger partial charge in [-0.1, -0.05) is 0 Å². The lowest BCUT2D eigenvalue weighted by Gasteiger charge is -2.35. The Morgan fingerprint density at radius 2 is 1.93 bits per heavy atom. The zero-order valence-corrected chi connectivity index (χ0v) is 16.1. The van der Waals surface area contributed by atoms with Gasteiger partial charge in [-0.3, -0.25) is 4.90 Å². The normalized spacial score (nSPS) is 16.6. The molecular weight excluding hydrogens is 361 g/mol. The minimum Gasteiger partial charge on any atom is -0.488 e. The molecule has 7 nitrogen and oxygen atoms in total. The summed E-state index contributed by atoms with van der Waals surface area (Å²) in [5.41, 5.74) is 2.90. The molecule has 3 heterocycles. The van der Waals surface area contributed by atoms with Gasteiger partial charge in [0.25, 0.3) is 0 Å². The Kier molecular flexibility index (Phi) is 5.23. The number of aliphatic hydroxyl groups is 1. The Morgan fingerprint density at radius 3 is 2.64 bits per heavy atom. The third-order valence-corrected chi connectivity index (χ3v) is 4.91. The van der Waals surface area contributed by atoms with E-state index in [0.29, 0.717) is 12.2 Å². The first-order valence-corrected chi connectivity index (χ1v) is 9.55. The summed E-state index contributed by atoms with van der Waals surface area (Å²) in [6, 6.07) is 5.03. The van der Waals surface area contributed by atoms with E-state index in [-0.39, 0.29) is 18.5 Å². The number of piperazine rings is 1. The van der Waals surface area contributed by atoms with Gasteiger partial charge in [0.1, 0.15) is 12.1 Å². The second-order valence-electron chi connectivity index (χ2n) is 7.24. The molecule has 4 rings (SSSR count). The molecule has 1 aromatic carbocycles. The summed E-state index contributed by atoms with van der Waals surface area (Å²) in [5.74, 6) is 0.681. The van der Waals surface area contributed by atoms with Crippen molar-refractivity contribution in [3.05, 3.63) is 41.6 Å². The molecule has 0 amide bonds. The predicted octanol–water partition coefficient (Wildman–Crippen LogP) is 2.00. The maximum Gasteiger partial charge on any atom is 0.167 e. The Bertz CT molecular complexity index is 894. The Labute approximate surface area is 163 Å². The van der Waals surface area contributed by atoms with E-state index in [0.717, 1.165) is 49.0 Å². The summed E-state index contributed by atoms with van der Waals surface area (Å²) in [7, 11) is 0. The van der Waals surface area contributed by atoms with E-state index >= 15 is 0 Å². The van der Waals surface area contributed by atoms with Crippen LogP contribution in [-0.2, 0) is 0 Å². The number of anilines is 1. The van der Waals surface area contributed by atoms with E-state index in [9.17, 15) is 4.39 Å². The maximum absolute atomic E-state index is 14.1. The van der Waals surface area contributed by atoms with Gasteiger partial charge in [0, 0.05) is 50.4 Å². The zero-order valence-electron chi connectivity index (χ0n) is 16.1. The number of hydrogen-bond acceptors (Lipinski definition) is 7. The van der Waals surface area contributed by atoms with Crippen LogP contribution in [0, 0.1) is 5.82 Å². The molecule has 2 aliphatic heterocycles. The van der Waals surface area contributed by atoms with Crippen molar-refractivity contribution in [2.75, 3.05) is 44.2 Å². The highest BCUT2D eigenvalue weighted by Crippen LogP contribution is 2.37.